The van der Waals surface area contributed by atoms with Crippen LogP contribution in [0.15, 0.2) is 42.5 Å². The fourth-order valence-electron chi connectivity index (χ4n) is 2.06. The molecule has 2 aromatic rings. The number of ether oxygens (including phenoxy) is 1. The molecule has 2 aromatic carbocycles. The Morgan fingerprint density at radius 1 is 1.16 bits per heavy atom. The lowest BCUT2D eigenvalue weighted by molar-refractivity contribution is 0.178. The predicted octanol–water partition coefficient (Wildman–Crippen LogP) is 3.93. The van der Waals surface area contributed by atoms with E-state index in [0.717, 1.165) is 22.4 Å². The molecule has 0 aliphatic carbocycles. The van der Waals surface area contributed by atoms with E-state index in [1.54, 1.807) is 7.11 Å². The zero-order valence-corrected chi connectivity index (χ0v) is 11.8. The maximum Gasteiger partial charge on any atom is 0.118 e. The number of hydrogen-bond acceptors (Lipinski definition) is 2. The Morgan fingerprint density at radius 3 is 2.42 bits per heavy atom. The molecule has 0 aliphatic rings. The largest absolute Gasteiger partial charge is 0.497 e. The Bertz CT molecular complexity index is 529. The molecule has 2 nitrogen and oxygen atoms in total. The minimum absolute atomic E-state index is 0.550. The molecule has 0 fully saturated rings. The van der Waals surface area contributed by atoms with Gasteiger partial charge in [-0.25, -0.2) is 0 Å². The van der Waals surface area contributed by atoms with Gasteiger partial charge in [-0.05, 0) is 47.9 Å². The molecule has 2 rings (SSSR count). The van der Waals surface area contributed by atoms with Crippen LogP contribution in [0, 0.1) is 6.92 Å². The zero-order valence-electron chi connectivity index (χ0n) is 11.1. The zero-order chi connectivity index (χ0) is 13.8. The Morgan fingerprint density at radius 2 is 1.84 bits per heavy atom. The van der Waals surface area contributed by atoms with Crippen molar-refractivity contribution < 1.29 is 9.84 Å². The van der Waals surface area contributed by atoms with Crippen LogP contribution in [0.4, 0.5) is 0 Å². The molecule has 19 heavy (non-hydrogen) atoms. The van der Waals surface area contributed by atoms with Gasteiger partial charge in [0.25, 0.3) is 0 Å². The molecular weight excluding hydrogens is 260 g/mol. The summed E-state index contributed by atoms with van der Waals surface area (Å²) in [5.74, 6) is 0.817. The van der Waals surface area contributed by atoms with Crippen molar-refractivity contribution in [1.82, 2.24) is 0 Å². The summed E-state index contributed by atoms with van der Waals surface area (Å²) in [7, 11) is 1.64. The number of methoxy groups -OCH3 is 1. The third-order valence-electron chi connectivity index (χ3n) is 3.04. The summed E-state index contributed by atoms with van der Waals surface area (Å²) in [6.45, 7) is 1.97. The van der Waals surface area contributed by atoms with Gasteiger partial charge in [0.05, 0.1) is 13.2 Å². The molecule has 0 heterocycles. The van der Waals surface area contributed by atoms with Crippen LogP contribution in [0.2, 0.25) is 5.02 Å². The third-order valence-corrected chi connectivity index (χ3v) is 3.26. The van der Waals surface area contributed by atoms with E-state index in [-0.39, 0.29) is 0 Å². The smallest absolute Gasteiger partial charge is 0.118 e. The summed E-state index contributed by atoms with van der Waals surface area (Å²) >= 11 is 6.01. The SMILES string of the molecule is COc1ccc(CC(O)c2cc(C)cc(Cl)c2)cc1. The van der Waals surface area contributed by atoms with Crippen LogP contribution >= 0.6 is 11.6 Å². The average Bonchev–Trinajstić information content (AvgIpc) is 2.38. The summed E-state index contributed by atoms with van der Waals surface area (Å²) in [6, 6.07) is 13.4. The minimum atomic E-state index is -0.550. The highest BCUT2D eigenvalue weighted by molar-refractivity contribution is 6.30. The number of rotatable bonds is 4. The summed E-state index contributed by atoms with van der Waals surface area (Å²) in [5, 5.41) is 10.9. The number of halogens is 1. The van der Waals surface area contributed by atoms with E-state index in [0.29, 0.717) is 11.4 Å². The number of aliphatic hydroxyl groups is 1. The number of aryl methyl sites for hydroxylation is 1. The van der Waals surface area contributed by atoms with Crippen LogP contribution in [-0.2, 0) is 6.42 Å². The van der Waals surface area contributed by atoms with Crippen molar-refractivity contribution in [1.29, 1.82) is 0 Å². The second-order valence-corrected chi connectivity index (χ2v) is 5.07. The molecule has 1 N–H and O–H groups in total. The van der Waals surface area contributed by atoms with Crippen molar-refractivity contribution in [2.75, 3.05) is 7.11 Å². The van der Waals surface area contributed by atoms with Crippen LogP contribution in [-0.4, -0.2) is 12.2 Å². The highest BCUT2D eigenvalue weighted by Gasteiger charge is 2.10. The lowest BCUT2D eigenvalue weighted by atomic mass is 10.00. The molecule has 1 atom stereocenters. The van der Waals surface area contributed by atoms with Crippen LogP contribution < -0.4 is 4.74 Å². The third kappa shape index (κ3) is 3.72. The Labute approximate surface area is 118 Å². The molecule has 1 unspecified atom stereocenters. The van der Waals surface area contributed by atoms with Crippen molar-refractivity contribution in [3.8, 4) is 5.75 Å². The van der Waals surface area contributed by atoms with Gasteiger partial charge in [0.1, 0.15) is 5.75 Å². The van der Waals surface area contributed by atoms with E-state index in [1.807, 2.05) is 49.4 Å². The van der Waals surface area contributed by atoms with E-state index in [1.165, 1.54) is 0 Å². The average molecular weight is 277 g/mol. The molecule has 0 radical (unpaired) electrons. The second-order valence-electron chi connectivity index (χ2n) is 4.63. The lowest BCUT2D eigenvalue weighted by Crippen LogP contribution is -2.02. The number of hydrogen-bond donors (Lipinski definition) is 1. The molecule has 3 heteroatoms. The van der Waals surface area contributed by atoms with E-state index < -0.39 is 6.10 Å². The Kier molecular flexibility index (Phi) is 4.46. The molecule has 0 saturated heterocycles. The van der Waals surface area contributed by atoms with Gasteiger partial charge in [-0.3, -0.25) is 0 Å². The van der Waals surface area contributed by atoms with E-state index in [4.69, 9.17) is 16.3 Å². The van der Waals surface area contributed by atoms with E-state index in [2.05, 4.69) is 0 Å². The molecule has 0 amide bonds. The predicted molar refractivity (Wildman–Crippen MR) is 77.8 cm³/mol. The second kappa shape index (κ2) is 6.09. The van der Waals surface area contributed by atoms with Gasteiger partial charge in [0.15, 0.2) is 0 Å². The highest BCUT2D eigenvalue weighted by Crippen LogP contribution is 2.24. The summed E-state index contributed by atoms with van der Waals surface area (Å²) < 4.78 is 5.11. The van der Waals surface area contributed by atoms with Crippen molar-refractivity contribution >= 4 is 11.6 Å². The topological polar surface area (TPSA) is 29.5 Å². The first kappa shape index (κ1) is 13.9. The summed E-state index contributed by atoms with van der Waals surface area (Å²) in [6.07, 6.45) is 0.00911. The van der Waals surface area contributed by atoms with Crippen LogP contribution in [0.1, 0.15) is 22.8 Å². The van der Waals surface area contributed by atoms with Gasteiger partial charge in [-0.2, -0.15) is 0 Å². The highest BCUT2D eigenvalue weighted by atomic mass is 35.5. The summed E-state index contributed by atoms with van der Waals surface area (Å²) in [5.41, 5.74) is 2.96. The molecule has 0 aliphatic heterocycles. The van der Waals surface area contributed by atoms with Crippen molar-refractivity contribution in [2.45, 2.75) is 19.4 Å². The molecule has 0 bridgehead atoms. The van der Waals surface area contributed by atoms with Gasteiger partial charge in [0, 0.05) is 11.4 Å². The maximum atomic E-state index is 10.3. The van der Waals surface area contributed by atoms with Crippen LogP contribution in [0.5, 0.6) is 5.75 Å². The fraction of sp³-hybridized carbons (Fsp3) is 0.250. The summed E-state index contributed by atoms with van der Waals surface area (Å²) in [4.78, 5) is 0. The quantitative estimate of drug-likeness (QED) is 0.917. The molecular formula is C16H17ClO2. The molecule has 100 valence electrons. The standard InChI is InChI=1S/C16H17ClO2/c1-11-7-13(10-14(17)8-11)16(18)9-12-3-5-15(19-2)6-4-12/h3-8,10,16,18H,9H2,1-2H3. The van der Waals surface area contributed by atoms with Crippen molar-refractivity contribution in [2.24, 2.45) is 0 Å². The molecule has 0 aromatic heterocycles. The normalized spacial score (nSPS) is 12.2. The van der Waals surface area contributed by atoms with E-state index >= 15 is 0 Å². The maximum absolute atomic E-state index is 10.3. The van der Waals surface area contributed by atoms with Gasteiger partial charge >= 0.3 is 0 Å². The van der Waals surface area contributed by atoms with Gasteiger partial charge in [0.2, 0.25) is 0 Å². The van der Waals surface area contributed by atoms with Crippen LogP contribution in [0.25, 0.3) is 0 Å². The van der Waals surface area contributed by atoms with Crippen molar-refractivity contribution in [3.05, 3.63) is 64.2 Å². The van der Waals surface area contributed by atoms with Gasteiger partial charge < -0.3 is 9.84 Å². The molecule has 0 spiro atoms. The van der Waals surface area contributed by atoms with E-state index in [9.17, 15) is 5.11 Å². The number of aliphatic hydroxyl groups excluding tert-OH is 1. The first-order chi connectivity index (χ1) is 9.08. The first-order valence-corrected chi connectivity index (χ1v) is 6.54. The number of benzene rings is 2. The fourth-order valence-corrected chi connectivity index (χ4v) is 2.36. The Balaban J connectivity index is 2.13. The Hall–Kier alpha value is -1.51. The van der Waals surface area contributed by atoms with Gasteiger partial charge in [-0.15, -0.1) is 0 Å². The lowest BCUT2D eigenvalue weighted by Gasteiger charge is -2.13. The first-order valence-electron chi connectivity index (χ1n) is 6.16. The van der Waals surface area contributed by atoms with Crippen molar-refractivity contribution in [3.63, 3.8) is 0 Å². The monoisotopic (exact) mass is 276 g/mol. The van der Waals surface area contributed by atoms with Gasteiger partial charge in [-0.1, -0.05) is 29.8 Å². The molecule has 0 saturated carbocycles. The minimum Gasteiger partial charge on any atom is -0.497 e. The van der Waals surface area contributed by atoms with Crippen LogP contribution in [0.3, 0.4) is 0 Å².